The van der Waals surface area contributed by atoms with Crippen LogP contribution in [0.3, 0.4) is 0 Å². The molecule has 0 saturated heterocycles. The van der Waals surface area contributed by atoms with E-state index in [1.54, 1.807) is 61.5 Å². The molecule has 6 nitrogen and oxygen atoms in total. The van der Waals surface area contributed by atoms with Crippen LogP contribution in [0, 0.1) is 6.92 Å². The molecule has 3 rings (SSSR count). The maximum atomic E-state index is 12.7. The SMILES string of the molecule is CCc1ccc(S(=O)(=O)Nc2cc(NC(=O)Nc3ccccc3)ccc2C)cc1. The van der Waals surface area contributed by atoms with E-state index >= 15 is 0 Å². The zero-order chi connectivity index (χ0) is 20.9. The molecular weight excluding hydrogens is 386 g/mol. The average molecular weight is 410 g/mol. The first kappa shape index (κ1) is 20.4. The van der Waals surface area contributed by atoms with Gasteiger partial charge in [0, 0.05) is 11.4 Å². The van der Waals surface area contributed by atoms with Crippen molar-refractivity contribution in [3.63, 3.8) is 0 Å². The number of anilines is 3. The Bertz CT molecular complexity index is 1100. The summed E-state index contributed by atoms with van der Waals surface area (Å²) >= 11 is 0. The third kappa shape index (κ3) is 5.36. The van der Waals surface area contributed by atoms with Gasteiger partial charge in [0.2, 0.25) is 0 Å². The number of carbonyl (C=O) groups excluding carboxylic acids is 1. The van der Waals surface area contributed by atoms with Crippen LogP contribution in [0.15, 0.2) is 77.7 Å². The van der Waals surface area contributed by atoms with Gasteiger partial charge in [-0.2, -0.15) is 0 Å². The first-order valence-corrected chi connectivity index (χ1v) is 10.7. The maximum Gasteiger partial charge on any atom is 0.323 e. The molecular formula is C22H23N3O3S. The number of amides is 2. The van der Waals surface area contributed by atoms with Crippen LogP contribution in [0.1, 0.15) is 18.1 Å². The molecule has 3 aromatic rings. The number of para-hydroxylation sites is 1. The average Bonchev–Trinajstić information content (AvgIpc) is 2.71. The van der Waals surface area contributed by atoms with Crippen molar-refractivity contribution in [2.45, 2.75) is 25.2 Å². The molecule has 0 atom stereocenters. The van der Waals surface area contributed by atoms with E-state index in [9.17, 15) is 13.2 Å². The van der Waals surface area contributed by atoms with Crippen LogP contribution < -0.4 is 15.4 Å². The van der Waals surface area contributed by atoms with Gasteiger partial charge in [-0.05, 0) is 60.9 Å². The van der Waals surface area contributed by atoms with E-state index in [4.69, 9.17) is 0 Å². The zero-order valence-corrected chi connectivity index (χ0v) is 17.1. The molecule has 0 aromatic heterocycles. The van der Waals surface area contributed by atoms with Crippen LogP contribution in [0.25, 0.3) is 0 Å². The fourth-order valence-electron chi connectivity index (χ4n) is 2.73. The summed E-state index contributed by atoms with van der Waals surface area (Å²) in [6.45, 7) is 3.81. The van der Waals surface area contributed by atoms with Crippen LogP contribution >= 0.6 is 0 Å². The molecule has 0 bridgehead atoms. The monoisotopic (exact) mass is 409 g/mol. The minimum atomic E-state index is -3.73. The van der Waals surface area contributed by atoms with E-state index in [1.165, 1.54) is 0 Å². The predicted molar refractivity (Wildman–Crippen MR) is 117 cm³/mol. The molecule has 3 aromatic carbocycles. The number of hydrogen-bond donors (Lipinski definition) is 3. The largest absolute Gasteiger partial charge is 0.323 e. The number of nitrogens with one attached hydrogen (secondary N) is 3. The summed E-state index contributed by atoms with van der Waals surface area (Å²) in [7, 11) is -3.73. The topological polar surface area (TPSA) is 87.3 Å². The lowest BCUT2D eigenvalue weighted by Gasteiger charge is -2.13. The molecule has 2 amide bonds. The van der Waals surface area contributed by atoms with E-state index in [0.29, 0.717) is 17.1 Å². The van der Waals surface area contributed by atoms with Crippen LogP contribution in [0.4, 0.5) is 21.9 Å². The van der Waals surface area contributed by atoms with Crippen molar-refractivity contribution in [3.05, 3.63) is 83.9 Å². The molecule has 0 heterocycles. The van der Waals surface area contributed by atoms with Crippen LogP contribution in [-0.2, 0) is 16.4 Å². The van der Waals surface area contributed by atoms with Gasteiger partial charge in [0.15, 0.2) is 0 Å². The summed E-state index contributed by atoms with van der Waals surface area (Å²) in [6.07, 6.45) is 0.839. The van der Waals surface area contributed by atoms with Crippen molar-refractivity contribution < 1.29 is 13.2 Å². The number of hydrogen-bond acceptors (Lipinski definition) is 3. The lowest BCUT2D eigenvalue weighted by molar-refractivity contribution is 0.262. The maximum absolute atomic E-state index is 12.7. The van der Waals surface area contributed by atoms with Gasteiger partial charge >= 0.3 is 6.03 Å². The third-order valence-electron chi connectivity index (χ3n) is 4.41. The number of urea groups is 1. The summed E-state index contributed by atoms with van der Waals surface area (Å²) in [5.41, 5.74) is 3.35. The molecule has 0 saturated carbocycles. The van der Waals surface area contributed by atoms with Gasteiger partial charge in [0.05, 0.1) is 10.6 Å². The Morgan fingerprint density at radius 1 is 0.862 bits per heavy atom. The number of benzene rings is 3. The minimum absolute atomic E-state index is 0.189. The van der Waals surface area contributed by atoms with Crippen molar-refractivity contribution in [1.82, 2.24) is 0 Å². The van der Waals surface area contributed by atoms with Gasteiger partial charge in [-0.3, -0.25) is 4.72 Å². The third-order valence-corrected chi connectivity index (χ3v) is 5.79. The standard InChI is InChI=1S/C22H23N3O3S/c1-3-17-10-13-20(14-11-17)29(27,28)25-21-15-19(12-9-16(21)2)24-22(26)23-18-7-5-4-6-8-18/h4-15,25H,3H2,1-2H3,(H2,23,24,26). The molecule has 150 valence electrons. The molecule has 0 fully saturated rings. The Balaban J connectivity index is 1.75. The van der Waals surface area contributed by atoms with Crippen molar-refractivity contribution in [2.24, 2.45) is 0 Å². The normalized spacial score (nSPS) is 11.0. The molecule has 0 aliphatic carbocycles. The van der Waals surface area contributed by atoms with E-state index in [2.05, 4.69) is 15.4 Å². The van der Waals surface area contributed by atoms with Gasteiger partial charge in [0.25, 0.3) is 10.0 Å². The van der Waals surface area contributed by atoms with E-state index in [0.717, 1.165) is 17.5 Å². The van der Waals surface area contributed by atoms with Gasteiger partial charge in [0.1, 0.15) is 0 Å². The van der Waals surface area contributed by atoms with Gasteiger partial charge in [-0.25, -0.2) is 13.2 Å². The minimum Gasteiger partial charge on any atom is -0.308 e. The highest BCUT2D eigenvalue weighted by Gasteiger charge is 2.16. The van der Waals surface area contributed by atoms with Crippen LogP contribution in [-0.4, -0.2) is 14.4 Å². The second kappa shape index (κ2) is 8.79. The van der Waals surface area contributed by atoms with E-state index in [1.807, 2.05) is 25.1 Å². The number of carbonyl (C=O) groups is 1. The van der Waals surface area contributed by atoms with Crippen LogP contribution in [0.2, 0.25) is 0 Å². The predicted octanol–water partition coefficient (Wildman–Crippen LogP) is 5.00. The Labute approximate surface area is 171 Å². The summed E-state index contributed by atoms with van der Waals surface area (Å²) in [6, 6.07) is 20.5. The van der Waals surface area contributed by atoms with E-state index in [-0.39, 0.29) is 4.90 Å². The smallest absolute Gasteiger partial charge is 0.308 e. The van der Waals surface area contributed by atoms with Crippen molar-refractivity contribution in [1.29, 1.82) is 0 Å². The molecule has 0 aliphatic rings. The molecule has 0 radical (unpaired) electrons. The second-order valence-corrected chi connectivity index (χ2v) is 8.26. The molecule has 29 heavy (non-hydrogen) atoms. The number of aryl methyl sites for hydroxylation is 2. The van der Waals surface area contributed by atoms with Gasteiger partial charge < -0.3 is 10.6 Å². The Hall–Kier alpha value is -3.32. The molecule has 3 N–H and O–H groups in total. The van der Waals surface area contributed by atoms with Crippen LogP contribution in [0.5, 0.6) is 0 Å². The molecule has 0 spiro atoms. The lowest BCUT2D eigenvalue weighted by atomic mass is 10.2. The highest BCUT2D eigenvalue weighted by Crippen LogP contribution is 2.24. The molecule has 7 heteroatoms. The summed E-state index contributed by atoms with van der Waals surface area (Å²) in [5.74, 6) is 0. The quantitative estimate of drug-likeness (QED) is 0.535. The highest BCUT2D eigenvalue weighted by molar-refractivity contribution is 7.92. The Morgan fingerprint density at radius 2 is 1.52 bits per heavy atom. The van der Waals surface area contributed by atoms with Gasteiger partial charge in [-0.1, -0.05) is 43.3 Å². The first-order chi connectivity index (χ1) is 13.9. The molecule has 0 unspecified atom stereocenters. The highest BCUT2D eigenvalue weighted by atomic mass is 32.2. The Morgan fingerprint density at radius 3 is 2.17 bits per heavy atom. The Kier molecular flexibility index (Phi) is 6.19. The summed E-state index contributed by atoms with van der Waals surface area (Å²) in [5, 5.41) is 5.43. The van der Waals surface area contributed by atoms with Gasteiger partial charge in [-0.15, -0.1) is 0 Å². The fourth-order valence-corrected chi connectivity index (χ4v) is 3.85. The number of rotatable bonds is 6. The zero-order valence-electron chi connectivity index (χ0n) is 16.3. The summed E-state index contributed by atoms with van der Waals surface area (Å²) < 4.78 is 28.0. The van der Waals surface area contributed by atoms with Crippen molar-refractivity contribution >= 4 is 33.1 Å². The second-order valence-electron chi connectivity index (χ2n) is 6.58. The molecule has 0 aliphatic heterocycles. The van der Waals surface area contributed by atoms with Crippen molar-refractivity contribution in [2.75, 3.05) is 15.4 Å². The first-order valence-electron chi connectivity index (χ1n) is 9.23. The summed E-state index contributed by atoms with van der Waals surface area (Å²) in [4.78, 5) is 12.4. The number of sulfonamides is 1. The lowest BCUT2D eigenvalue weighted by Crippen LogP contribution is -2.19. The fraction of sp³-hybridized carbons (Fsp3) is 0.136. The van der Waals surface area contributed by atoms with Crippen molar-refractivity contribution in [3.8, 4) is 0 Å². The van der Waals surface area contributed by atoms with E-state index < -0.39 is 16.1 Å².